The van der Waals surface area contributed by atoms with Crippen molar-refractivity contribution in [2.24, 2.45) is 5.29 Å². The van der Waals surface area contributed by atoms with Crippen LogP contribution < -0.4 is 10.3 Å². The van der Waals surface area contributed by atoms with Crippen LogP contribution in [0.1, 0.15) is 17.3 Å². The van der Waals surface area contributed by atoms with E-state index in [9.17, 15) is 19.6 Å². The minimum Gasteiger partial charge on any atom is -0.477 e. The van der Waals surface area contributed by atoms with E-state index in [0.717, 1.165) is 5.69 Å². The third-order valence-electron chi connectivity index (χ3n) is 4.43. The van der Waals surface area contributed by atoms with Gasteiger partial charge in [-0.2, -0.15) is 0 Å². The highest BCUT2D eigenvalue weighted by Gasteiger charge is 2.21. The van der Waals surface area contributed by atoms with E-state index in [1.165, 1.54) is 17.3 Å². The summed E-state index contributed by atoms with van der Waals surface area (Å²) in [5.74, 6) is -1.26. The number of aromatic carboxylic acids is 1. The first-order chi connectivity index (χ1) is 12.0. The largest absolute Gasteiger partial charge is 0.477 e. The van der Waals surface area contributed by atoms with Gasteiger partial charge in [0, 0.05) is 31.2 Å². The van der Waals surface area contributed by atoms with E-state index in [4.69, 9.17) is 11.6 Å². The molecule has 0 bridgehead atoms. The second-order valence-electron chi connectivity index (χ2n) is 5.81. The Morgan fingerprint density at radius 3 is 2.52 bits per heavy atom. The van der Waals surface area contributed by atoms with Crippen molar-refractivity contribution in [1.82, 2.24) is 9.58 Å². The lowest BCUT2D eigenvalue weighted by molar-refractivity contribution is 0.0695. The van der Waals surface area contributed by atoms with Gasteiger partial charge in [-0.05, 0) is 19.1 Å². The third kappa shape index (κ3) is 3.05. The van der Waals surface area contributed by atoms with Crippen molar-refractivity contribution in [3.63, 3.8) is 0 Å². The van der Waals surface area contributed by atoms with Crippen molar-refractivity contribution < 1.29 is 9.90 Å². The Kier molecular flexibility index (Phi) is 4.63. The molecule has 3 rings (SSSR count). The summed E-state index contributed by atoms with van der Waals surface area (Å²) in [7, 11) is 0. The third-order valence-corrected chi connectivity index (χ3v) is 4.73. The molecule has 132 valence electrons. The number of nitrogens with zero attached hydrogens (tertiary/aromatic N) is 4. The number of pyridine rings is 1. The summed E-state index contributed by atoms with van der Waals surface area (Å²) in [6.07, 6.45) is 1.36. The van der Waals surface area contributed by atoms with E-state index in [1.807, 2.05) is 11.8 Å². The number of hydrogen-bond donors (Lipinski definition) is 1. The molecule has 2 heterocycles. The standard InChI is InChI=1S/C16H17ClN4O4/c1-2-19-9-11(16(23)24)15(22)10-7-12(17)14(8-13(10)19)20-3-5-21(18-25)6-4-20/h7-9H,2-6H2,1H3,(H,23,24). The molecule has 0 saturated carbocycles. The number of halogens is 1. The van der Waals surface area contributed by atoms with Gasteiger partial charge in [0.25, 0.3) is 0 Å². The molecule has 0 atom stereocenters. The summed E-state index contributed by atoms with van der Waals surface area (Å²) in [5.41, 5.74) is 0.566. The summed E-state index contributed by atoms with van der Waals surface area (Å²) in [5, 5.41) is 14.3. The molecule has 8 nitrogen and oxygen atoms in total. The Labute approximate surface area is 148 Å². The number of carboxylic acid groups (broad SMARTS) is 1. The van der Waals surface area contributed by atoms with Crippen LogP contribution in [0.15, 0.2) is 28.4 Å². The van der Waals surface area contributed by atoms with Crippen LogP contribution in [-0.4, -0.2) is 46.8 Å². The predicted molar refractivity (Wildman–Crippen MR) is 95.4 cm³/mol. The molecule has 1 fully saturated rings. The van der Waals surface area contributed by atoms with Gasteiger partial charge in [0.05, 0.1) is 34.6 Å². The maximum atomic E-state index is 12.4. The van der Waals surface area contributed by atoms with Crippen LogP contribution in [-0.2, 0) is 6.54 Å². The number of aromatic nitrogens is 1. The summed E-state index contributed by atoms with van der Waals surface area (Å²) >= 11 is 6.37. The monoisotopic (exact) mass is 364 g/mol. The van der Waals surface area contributed by atoms with Crippen molar-refractivity contribution in [3.8, 4) is 0 Å². The fourth-order valence-electron chi connectivity index (χ4n) is 3.07. The molecule has 0 unspecified atom stereocenters. The second kappa shape index (κ2) is 6.72. The molecule has 0 spiro atoms. The lowest BCUT2D eigenvalue weighted by atomic mass is 10.1. The van der Waals surface area contributed by atoms with Crippen LogP contribution in [0.5, 0.6) is 0 Å². The van der Waals surface area contributed by atoms with Crippen molar-refractivity contribution in [2.75, 3.05) is 31.1 Å². The SMILES string of the molecule is CCn1cc(C(=O)O)c(=O)c2cc(Cl)c(N3CCN(N=O)CC3)cc21. The highest BCUT2D eigenvalue weighted by Crippen LogP contribution is 2.31. The summed E-state index contributed by atoms with van der Waals surface area (Å²) in [4.78, 5) is 36.4. The van der Waals surface area contributed by atoms with Crippen LogP contribution in [0.3, 0.4) is 0 Å². The molecule has 9 heteroatoms. The Bertz CT molecular complexity index is 903. The number of benzene rings is 1. The molecule has 1 aliphatic heterocycles. The Morgan fingerprint density at radius 1 is 1.28 bits per heavy atom. The molecular formula is C16H17ClN4O4. The molecular weight excluding hydrogens is 348 g/mol. The number of carboxylic acids is 1. The van der Waals surface area contributed by atoms with Crippen LogP contribution in [0.2, 0.25) is 5.02 Å². The zero-order chi connectivity index (χ0) is 18.1. The van der Waals surface area contributed by atoms with Crippen molar-refractivity contribution in [2.45, 2.75) is 13.5 Å². The Balaban J connectivity index is 2.13. The molecule has 0 amide bonds. The van der Waals surface area contributed by atoms with Crippen molar-refractivity contribution >= 4 is 34.2 Å². The molecule has 1 aliphatic rings. The zero-order valence-electron chi connectivity index (χ0n) is 13.6. The second-order valence-corrected chi connectivity index (χ2v) is 6.21. The molecule has 0 radical (unpaired) electrons. The Morgan fingerprint density at radius 2 is 1.96 bits per heavy atom. The molecule has 1 aromatic heterocycles. The van der Waals surface area contributed by atoms with Crippen LogP contribution >= 0.6 is 11.6 Å². The van der Waals surface area contributed by atoms with Gasteiger partial charge >= 0.3 is 5.97 Å². The van der Waals surface area contributed by atoms with E-state index in [1.54, 1.807) is 10.6 Å². The normalized spacial score (nSPS) is 14.8. The lowest BCUT2D eigenvalue weighted by Gasteiger charge is -2.33. The molecule has 1 N–H and O–H groups in total. The summed E-state index contributed by atoms with van der Waals surface area (Å²) < 4.78 is 1.73. The van der Waals surface area contributed by atoms with Gasteiger partial charge in [0.1, 0.15) is 5.56 Å². The number of aryl methyl sites for hydroxylation is 1. The predicted octanol–water partition coefficient (Wildman–Crippen LogP) is 2.18. The first-order valence-electron chi connectivity index (χ1n) is 7.89. The van der Waals surface area contributed by atoms with Gasteiger partial charge in [0.2, 0.25) is 5.43 Å². The van der Waals surface area contributed by atoms with Gasteiger partial charge in [-0.1, -0.05) is 11.6 Å². The number of nitroso groups, excluding NO2 is 1. The van der Waals surface area contributed by atoms with Crippen molar-refractivity contribution in [1.29, 1.82) is 0 Å². The van der Waals surface area contributed by atoms with Crippen LogP contribution in [0.4, 0.5) is 5.69 Å². The van der Waals surface area contributed by atoms with E-state index in [-0.39, 0.29) is 10.9 Å². The van der Waals surface area contributed by atoms with E-state index >= 15 is 0 Å². The molecule has 1 aromatic carbocycles. The average molecular weight is 365 g/mol. The number of piperazine rings is 1. The molecule has 0 aliphatic carbocycles. The summed E-state index contributed by atoms with van der Waals surface area (Å²) in [6, 6.07) is 3.33. The average Bonchev–Trinajstić information content (AvgIpc) is 2.62. The molecule has 1 saturated heterocycles. The molecule has 25 heavy (non-hydrogen) atoms. The maximum Gasteiger partial charge on any atom is 0.341 e. The summed E-state index contributed by atoms with van der Waals surface area (Å²) in [6.45, 7) is 4.55. The number of hydrogen-bond acceptors (Lipinski definition) is 5. The fourth-order valence-corrected chi connectivity index (χ4v) is 3.36. The first kappa shape index (κ1) is 17.2. The fraction of sp³-hybridized carbons (Fsp3) is 0.375. The maximum absolute atomic E-state index is 12.4. The smallest absolute Gasteiger partial charge is 0.341 e. The topological polar surface area (TPSA) is 95.2 Å². The number of carbonyl (C=O) groups is 1. The van der Waals surface area contributed by atoms with Gasteiger partial charge in [-0.15, -0.1) is 4.91 Å². The van der Waals surface area contributed by atoms with Gasteiger partial charge in [-0.3, -0.25) is 9.80 Å². The van der Waals surface area contributed by atoms with Gasteiger partial charge in [0.15, 0.2) is 0 Å². The van der Waals surface area contributed by atoms with Gasteiger partial charge < -0.3 is 14.6 Å². The number of rotatable bonds is 4. The van der Waals surface area contributed by atoms with Crippen LogP contribution in [0.25, 0.3) is 10.9 Å². The number of anilines is 1. The van der Waals surface area contributed by atoms with Crippen molar-refractivity contribution in [3.05, 3.63) is 44.0 Å². The minimum absolute atomic E-state index is 0.274. The minimum atomic E-state index is -1.26. The number of fused-ring (bicyclic) bond motifs is 1. The lowest BCUT2D eigenvalue weighted by Crippen LogP contribution is -2.44. The van der Waals surface area contributed by atoms with Gasteiger partial charge in [-0.25, -0.2) is 4.79 Å². The highest BCUT2D eigenvalue weighted by molar-refractivity contribution is 6.34. The highest BCUT2D eigenvalue weighted by atomic mass is 35.5. The van der Waals surface area contributed by atoms with E-state index < -0.39 is 11.4 Å². The quantitative estimate of drug-likeness (QED) is 0.835. The zero-order valence-corrected chi connectivity index (χ0v) is 14.4. The first-order valence-corrected chi connectivity index (χ1v) is 8.27. The van der Waals surface area contributed by atoms with E-state index in [2.05, 4.69) is 5.29 Å². The molecule has 2 aromatic rings. The van der Waals surface area contributed by atoms with Crippen LogP contribution in [0, 0.1) is 4.91 Å². The Hall–Kier alpha value is -2.61. The van der Waals surface area contributed by atoms with E-state index in [0.29, 0.717) is 43.3 Å².